The Morgan fingerprint density at radius 3 is 2.76 bits per heavy atom. The predicted molar refractivity (Wildman–Crippen MR) is 84.7 cm³/mol. The molecule has 8 nitrogen and oxygen atoms in total. The molecule has 0 bridgehead atoms. The number of hydrogen-bond acceptors (Lipinski definition) is 7. The van der Waals surface area contributed by atoms with Crippen molar-refractivity contribution >= 4 is 14.4 Å². The maximum absolute atomic E-state index is 14.1. The van der Waals surface area contributed by atoms with Crippen LogP contribution in [0.2, 0.25) is 0 Å². The van der Waals surface area contributed by atoms with Crippen molar-refractivity contribution < 1.29 is 31.8 Å². The van der Waals surface area contributed by atoms with Crippen molar-refractivity contribution in [2.45, 2.75) is 44.9 Å². The van der Waals surface area contributed by atoms with Crippen LogP contribution in [0.1, 0.15) is 26.5 Å². The molecule has 0 amide bonds. The topological polar surface area (TPSA) is 109 Å². The van der Waals surface area contributed by atoms with Crippen molar-refractivity contribution in [3.05, 3.63) is 22.7 Å². The molecule has 0 radical (unpaired) electrons. The summed E-state index contributed by atoms with van der Waals surface area (Å²) in [6.45, 7) is 1.74. The van der Waals surface area contributed by atoms with Gasteiger partial charge < -0.3 is 24.4 Å². The summed E-state index contributed by atoms with van der Waals surface area (Å²) in [7, 11) is -2.03. The molecule has 0 aliphatic carbocycles. The summed E-state index contributed by atoms with van der Waals surface area (Å²) in [5.41, 5.74) is 4.71. The van der Waals surface area contributed by atoms with Gasteiger partial charge in [0.2, 0.25) is 6.93 Å². The fourth-order valence-electron chi connectivity index (χ4n) is 2.03. The second kappa shape index (κ2) is 10.7. The first-order valence-corrected chi connectivity index (χ1v) is 8.46. The van der Waals surface area contributed by atoms with E-state index in [1.807, 2.05) is 0 Å². The van der Waals surface area contributed by atoms with E-state index in [2.05, 4.69) is 4.98 Å². The molecule has 3 N–H and O–H groups in total. The van der Waals surface area contributed by atoms with E-state index in [0.29, 0.717) is 0 Å². The molecule has 1 aromatic rings. The molecule has 144 valence electrons. The lowest BCUT2D eigenvalue weighted by Crippen LogP contribution is -2.30. The summed E-state index contributed by atoms with van der Waals surface area (Å²) in [6.07, 6.45) is -1.84. The lowest BCUT2D eigenvalue weighted by molar-refractivity contribution is -0.0380. The average Bonchev–Trinajstić information content (AvgIpc) is 2.86. The normalized spacial score (nSPS) is 24.0. The summed E-state index contributed by atoms with van der Waals surface area (Å²) >= 11 is 0. The first kappa shape index (κ1) is 21.8. The summed E-state index contributed by atoms with van der Waals surface area (Å²) in [5, 5.41) is 0. The van der Waals surface area contributed by atoms with Crippen molar-refractivity contribution in [1.82, 2.24) is 9.55 Å². The Bertz CT molecular complexity index is 580. The van der Waals surface area contributed by atoms with E-state index >= 15 is 0 Å². The van der Waals surface area contributed by atoms with E-state index in [9.17, 15) is 22.9 Å². The van der Waals surface area contributed by atoms with Crippen LogP contribution in [0.5, 0.6) is 0 Å². The average molecular weight is 387 g/mol. The van der Waals surface area contributed by atoms with Gasteiger partial charge in [-0.25, -0.2) is 18.0 Å². The van der Waals surface area contributed by atoms with Crippen LogP contribution in [0.3, 0.4) is 0 Å². The van der Waals surface area contributed by atoms with E-state index in [1.165, 1.54) is 12.3 Å². The number of rotatable bonds is 6. The fourth-order valence-corrected chi connectivity index (χ4v) is 2.75. The molecule has 0 saturated carbocycles. The molecule has 1 aromatic heterocycles. The Morgan fingerprint density at radius 1 is 1.56 bits per heavy atom. The van der Waals surface area contributed by atoms with Gasteiger partial charge in [0, 0.05) is 12.6 Å². The Kier molecular flexibility index (Phi) is 9.30. The first-order valence-electron chi connectivity index (χ1n) is 7.33. The smallest absolute Gasteiger partial charge is 0.351 e. The monoisotopic (exact) mass is 387 g/mol. The first-order chi connectivity index (χ1) is 11.8. The lowest BCUT2D eigenvalue weighted by atomic mass is 10.2. The molecular weight excluding hydrogens is 366 g/mol. The number of ether oxygens (including phenoxy) is 1. The highest BCUT2D eigenvalue weighted by molar-refractivity contribution is 7.40. The second-order valence-electron chi connectivity index (χ2n) is 5.23. The summed E-state index contributed by atoms with van der Waals surface area (Å²) in [5.74, 6) is 0.0614. The number of hydrogen-bond donors (Lipinski definition) is 2. The molecule has 1 aliphatic heterocycles. The van der Waals surface area contributed by atoms with Crippen LogP contribution in [0.15, 0.2) is 17.1 Å². The van der Waals surface area contributed by atoms with Crippen LogP contribution >= 0.6 is 8.60 Å². The SMILES string of the molecule is CC(C)OP(O)OCC1CC(F)C(n2ccc(N)nc2=O)O1.FCF. The standard InChI is InChI=1S/C12H19FN3O5P.CH2F2/c1-7(2)21-22(18)19-6-8-5-9(13)11(20-8)16-4-3-10(14)15-12(16)17;2-1-3/h3-4,7-9,11,18H,5-6H2,1-2H3,(H2,14,15,17);1H2. The number of aromatic nitrogens is 2. The Labute approximate surface area is 143 Å². The largest absolute Gasteiger partial charge is 0.383 e. The Balaban J connectivity index is 0.000000970. The highest BCUT2D eigenvalue weighted by atomic mass is 31.2. The van der Waals surface area contributed by atoms with Gasteiger partial charge in [0.05, 0.1) is 18.8 Å². The van der Waals surface area contributed by atoms with Crippen molar-refractivity contribution in [3.63, 3.8) is 0 Å². The molecule has 0 spiro atoms. The summed E-state index contributed by atoms with van der Waals surface area (Å²) in [6, 6.07) is 1.39. The number of nitrogens with two attached hydrogens (primary N) is 1. The maximum atomic E-state index is 14.1. The van der Waals surface area contributed by atoms with Gasteiger partial charge in [0.25, 0.3) is 0 Å². The highest BCUT2D eigenvalue weighted by Gasteiger charge is 2.37. The zero-order valence-electron chi connectivity index (χ0n) is 13.7. The Hall–Kier alpha value is -1.26. The molecule has 2 heterocycles. The third kappa shape index (κ3) is 7.25. The van der Waals surface area contributed by atoms with Gasteiger partial charge in [-0.15, -0.1) is 0 Å². The van der Waals surface area contributed by atoms with E-state index in [0.717, 1.165) is 4.57 Å². The number of anilines is 1. The van der Waals surface area contributed by atoms with E-state index in [1.54, 1.807) is 13.8 Å². The van der Waals surface area contributed by atoms with Gasteiger partial charge in [-0.05, 0) is 19.9 Å². The molecule has 25 heavy (non-hydrogen) atoms. The number of nitrogen functional groups attached to an aromatic ring is 1. The number of halogens is 3. The van der Waals surface area contributed by atoms with E-state index < -0.39 is 39.7 Å². The third-order valence-corrected chi connectivity index (χ3v) is 3.90. The number of nitrogens with zero attached hydrogens (tertiary/aromatic N) is 2. The van der Waals surface area contributed by atoms with Crippen molar-refractivity contribution in [3.8, 4) is 0 Å². The predicted octanol–water partition coefficient (Wildman–Crippen LogP) is 1.99. The minimum Gasteiger partial charge on any atom is -0.383 e. The molecule has 12 heteroatoms. The zero-order chi connectivity index (χ0) is 19.0. The Morgan fingerprint density at radius 2 is 2.20 bits per heavy atom. The molecular formula is C13H21F3N3O5P. The van der Waals surface area contributed by atoms with Crippen molar-refractivity contribution in [1.29, 1.82) is 0 Å². The molecule has 4 unspecified atom stereocenters. The zero-order valence-corrected chi connectivity index (χ0v) is 14.6. The minimum atomic E-state index is -2.03. The molecule has 2 rings (SSSR count). The second-order valence-corrected chi connectivity index (χ2v) is 6.18. The minimum absolute atomic E-state index is 0.0248. The lowest BCUT2D eigenvalue weighted by Gasteiger charge is -2.17. The molecule has 1 saturated heterocycles. The van der Waals surface area contributed by atoms with Crippen molar-refractivity contribution in [2.75, 3.05) is 19.3 Å². The van der Waals surface area contributed by atoms with Gasteiger partial charge in [-0.3, -0.25) is 4.57 Å². The van der Waals surface area contributed by atoms with Crippen LogP contribution in [0.25, 0.3) is 0 Å². The van der Waals surface area contributed by atoms with Crippen LogP contribution in [-0.2, 0) is 13.8 Å². The summed E-state index contributed by atoms with van der Waals surface area (Å²) < 4.78 is 50.0. The third-order valence-electron chi connectivity index (χ3n) is 2.93. The fraction of sp³-hybridized carbons (Fsp3) is 0.692. The van der Waals surface area contributed by atoms with Crippen LogP contribution in [0, 0.1) is 0 Å². The molecule has 1 aliphatic rings. The molecule has 0 aromatic carbocycles. The van der Waals surface area contributed by atoms with E-state index in [-0.39, 0.29) is 24.9 Å². The van der Waals surface area contributed by atoms with Crippen LogP contribution in [0.4, 0.5) is 19.0 Å². The van der Waals surface area contributed by atoms with Gasteiger partial charge in [0.15, 0.2) is 6.23 Å². The quantitative estimate of drug-likeness (QED) is 0.719. The van der Waals surface area contributed by atoms with Gasteiger partial charge in [-0.2, -0.15) is 4.98 Å². The maximum Gasteiger partial charge on any atom is 0.351 e. The van der Waals surface area contributed by atoms with Crippen LogP contribution in [-0.4, -0.2) is 46.4 Å². The molecule has 1 fully saturated rings. The van der Waals surface area contributed by atoms with Gasteiger partial charge in [0.1, 0.15) is 12.0 Å². The van der Waals surface area contributed by atoms with Gasteiger partial charge in [-0.1, -0.05) is 0 Å². The highest BCUT2D eigenvalue weighted by Crippen LogP contribution is 2.37. The molecule has 4 atom stereocenters. The summed E-state index contributed by atoms with van der Waals surface area (Å²) in [4.78, 5) is 24.7. The van der Waals surface area contributed by atoms with Crippen molar-refractivity contribution in [2.24, 2.45) is 0 Å². The van der Waals surface area contributed by atoms with Gasteiger partial charge >= 0.3 is 14.3 Å². The van der Waals surface area contributed by atoms with Crippen LogP contribution < -0.4 is 11.4 Å². The van der Waals surface area contributed by atoms with E-state index in [4.69, 9.17) is 19.5 Å². The number of alkyl halides is 3.